The SMILES string of the molecule is CC[CH]CNC(=N)N. The second kappa shape index (κ2) is 4.43. The maximum Gasteiger partial charge on any atom is 0.185 e. The summed E-state index contributed by atoms with van der Waals surface area (Å²) in [6.07, 6.45) is 3.03. The monoisotopic (exact) mass is 114 g/mol. The van der Waals surface area contributed by atoms with Crippen molar-refractivity contribution in [1.29, 1.82) is 5.41 Å². The molecule has 0 aliphatic carbocycles. The maximum atomic E-state index is 6.72. The highest BCUT2D eigenvalue weighted by molar-refractivity contribution is 5.74. The molecule has 3 heteroatoms. The first-order valence-electron chi connectivity index (χ1n) is 2.67. The van der Waals surface area contributed by atoms with Gasteiger partial charge < -0.3 is 11.1 Å². The fourth-order valence-electron chi connectivity index (χ4n) is 0.326. The maximum absolute atomic E-state index is 6.72. The van der Waals surface area contributed by atoms with E-state index >= 15 is 0 Å². The van der Waals surface area contributed by atoms with Crippen LogP contribution in [0.5, 0.6) is 0 Å². The quantitative estimate of drug-likeness (QED) is 0.276. The van der Waals surface area contributed by atoms with Crippen molar-refractivity contribution in [3.8, 4) is 0 Å². The molecule has 47 valence electrons. The molecule has 0 atom stereocenters. The summed E-state index contributed by atoms with van der Waals surface area (Å²) in [6.45, 7) is 2.74. The van der Waals surface area contributed by atoms with Crippen LogP contribution < -0.4 is 11.1 Å². The zero-order chi connectivity index (χ0) is 6.41. The van der Waals surface area contributed by atoms with Crippen molar-refractivity contribution in [2.75, 3.05) is 6.54 Å². The number of unbranched alkanes of at least 4 members (excludes halogenated alkanes) is 1. The van der Waals surface area contributed by atoms with Gasteiger partial charge in [0.25, 0.3) is 0 Å². The zero-order valence-corrected chi connectivity index (χ0v) is 5.07. The molecule has 3 nitrogen and oxygen atoms in total. The van der Waals surface area contributed by atoms with Gasteiger partial charge in [0.05, 0.1) is 0 Å². The number of guanidine groups is 1. The molecule has 0 saturated carbocycles. The van der Waals surface area contributed by atoms with Gasteiger partial charge in [0.15, 0.2) is 5.96 Å². The van der Waals surface area contributed by atoms with Crippen molar-refractivity contribution in [1.82, 2.24) is 5.32 Å². The average Bonchev–Trinajstić information content (AvgIpc) is 1.66. The van der Waals surface area contributed by atoms with E-state index in [0.717, 1.165) is 6.42 Å². The molecule has 4 N–H and O–H groups in total. The van der Waals surface area contributed by atoms with Gasteiger partial charge in [-0.3, -0.25) is 5.41 Å². The molecule has 0 heterocycles. The van der Waals surface area contributed by atoms with E-state index in [1.165, 1.54) is 0 Å². The molecule has 0 bridgehead atoms. The van der Waals surface area contributed by atoms with E-state index in [9.17, 15) is 0 Å². The van der Waals surface area contributed by atoms with Crippen LogP contribution in [0, 0.1) is 11.8 Å². The van der Waals surface area contributed by atoms with E-state index in [2.05, 4.69) is 5.32 Å². The Labute approximate surface area is 49.8 Å². The van der Waals surface area contributed by atoms with Gasteiger partial charge in [0.1, 0.15) is 0 Å². The molecule has 0 aromatic carbocycles. The first-order chi connectivity index (χ1) is 3.77. The van der Waals surface area contributed by atoms with Crippen LogP contribution in [0.2, 0.25) is 0 Å². The molecule has 0 aliphatic rings. The van der Waals surface area contributed by atoms with Gasteiger partial charge in [0, 0.05) is 6.54 Å². The summed E-state index contributed by atoms with van der Waals surface area (Å²) in [5, 5.41) is 9.37. The Morgan fingerprint density at radius 3 is 2.88 bits per heavy atom. The lowest BCUT2D eigenvalue weighted by Gasteiger charge is -1.98. The smallest absolute Gasteiger partial charge is 0.185 e. The third-order valence-electron chi connectivity index (χ3n) is 0.726. The second-order valence-electron chi connectivity index (χ2n) is 1.49. The topological polar surface area (TPSA) is 61.9 Å². The second-order valence-corrected chi connectivity index (χ2v) is 1.49. The van der Waals surface area contributed by atoms with E-state index in [4.69, 9.17) is 11.1 Å². The van der Waals surface area contributed by atoms with Gasteiger partial charge in [-0.2, -0.15) is 0 Å². The highest BCUT2D eigenvalue weighted by Gasteiger charge is 1.83. The van der Waals surface area contributed by atoms with Crippen LogP contribution in [0.25, 0.3) is 0 Å². The zero-order valence-electron chi connectivity index (χ0n) is 5.07. The first-order valence-corrected chi connectivity index (χ1v) is 2.67. The Morgan fingerprint density at radius 1 is 1.88 bits per heavy atom. The van der Waals surface area contributed by atoms with Crippen molar-refractivity contribution in [3.05, 3.63) is 6.42 Å². The molecule has 0 spiro atoms. The van der Waals surface area contributed by atoms with Crippen LogP contribution in [0.3, 0.4) is 0 Å². The number of nitrogens with two attached hydrogens (primary N) is 1. The Balaban J connectivity index is 2.82. The Bertz CT molecular complexity index is 70.1. The summed E-state index contributed by atoms with van der Waals surface area (Å²) in [6, 6.07) is 0. The lowest BCUT2D eigenvalue weighted by atomic mass is 10.3. The molecule has 0 fully saturated rings. The Hall–Kier alpha value is -0.730. The molecule has 0 unspecified atom stereocenters. The molecule has 8 heavy (non-hydrogen) atoms. The molecule has 0 amide bonds. The van der Waals surface area contributed by atoms with E-state index in [1.807, 2.05) is 13.3 Å². The van der Waals surface area contributed by atoms with Crippen LogP contribution in [0.1, 0.15) is 13.3 Å². The number of nitrogens with one attached hydrogen (secondary N) is 2. The molecule has 0 saturated heterocycles. The first kappa shape index (κ1) is 7.27. The van der Waals surface area contributed by atoms with Crippen molar-refractivity contribution in [2.45, 2.75) is 13.3 Å². The number of rotatable bonds is 3. The lowest BCUT2D eigenvalue weighted by Crippen LogP contribution is -2.30. The fourth-order valence-corrected chi connectivity index (χ4v) is 0.326. The highest BCUT2D eigenvalue weighted by atomic mass is 15.0. The van der Waals surface area contributed by atoms with Crippen LogP contribution in [-0.2, 0) is 0 Å². The van der Waals surface area contributed by atoms with Gasteiger partial charge in [-0.05, 0) is 6.42 Å². The fraction of sp³-hybridized carbons (Fsp3) is 0.600. The number of hydrogen-bond acceptors (Lipinski definition) is 1. The summed E-state index contributed by atoms with van der Waals surface area (Å²) < 4.78 is 0. The van der Waals surface area contributed by atoms with Gasteiger partial charge in [0.2, 0.25) is 0 Å². The minimum absolute atomic E-state index is 0.0368. The minimum atomic E-state index is 0.0368. The normalized spacial score (nSPS) is 8.62. The third kappa shape index (κ3) is 5.27. The summed E-state index contributed by atoms with van der Waals surface area (Å²) in [5.74, 6) is 0.0368. The predicted molar refractivity (Wildman–Crippen MR) is 34.5 cm³/mol. The van der Waals surface area contributed by atoms with Gasteiger partial charge >= 0.3 is 0 Å². The minimum Gasteiger partial charge on any atom is -0.370 e. The standard InChI is InChI=1S/C5H12N3/c1-2-3-4-8-5(6)7/h3H,2,4H2,1H3,(H4,6,7,8). The average molecular weight is 114 g/mol. The molecule has 0 aliphatic heterocycles. The molecule has 0 aromatic rings. The van der Waals surface area contributed by atoms with Crippen LogP contribution in [-0.4, -0.2) is 12.5 Å². The van der Waals surface area contributed by atoms with Gasteiger partial charge in [-0.25, -0.2) is 0 Å². The molecular formula is C5H12N3. The summed E-state index contributed by atoms with van der Waals surface area (Å²) in [4.78, 5) is 0. The van der Waals surface area contributed by atoms with Crippen molar-refractivity contribution in [3.63, 3.8) is 0 Å². The predicted octanol–water partition coefficient (Wildman–Crippen LogP) is 0.0838. The van der Waals surface area contributed by atoms with E-state index in [1.54, 1.807) is 0 Å². The van der Waals surface area contributed by atoms with Crippen LogP contribution in [0.4, 0.5) is 0 Å². The van der Waals surface area contributed by atoms with E-state index < -0.39 is 0 Å². The van der Waals surface area contributed by atoms with Crippen molar-refractivity contribution in [2.24, 2.45) is 5.73 Å². The van der Waals surface area contributed by atoms with Crippen molar-refractivity contribution < 1.29 is 0 Å². The number of hydrogen-bond donors (Lipinski definition) is 3. The summed E-state index contributed by atoms with van der Waals surface area (Å²) >= 11 is 0. The van der Waals surface area contributed by atoms with E-state index in [-0.39, 0.29) is 5.96 Å². The Morgan fingerprint density at radius 2 is 2.50 bits per heavy atom. The Kier molecular flexibility index (Phi) is 4.03. The van der Waals surface area contributed by atoms with Gasteiger partial charge in [-0.1, -0.05) is 13.3 Å². The van der Waals surface area contributed by atoms with Gasteiger partial charge in [-0.15, -0.1) is 0 Å². The largest absolute Gasteiger partial charge is 0.370 e. The van der Waals surface area contributed by atoms with Crippen LogP contribution >= 0.6 is 0 Å². The van der Waals surface area contributed by atoms with E-state index in [0.29, 0.717) is 6.54 Å². The third-order valence-corrected chi connectivity index (χ3v) is 0.726. The highest BCUT2D eigenvalue weighted by Crippen LogP contribution is 1.78. The molecule has 0 rings (SSSR count). The molecule has 1 radical (unpaired) electrons. The lowest BCUT2D eigenvalue weighted by molar-refractivity contribution is 0.902. The summed E-state index contributed by atoms with van der Waals surface area (Å²) in [5.41, 5.74) is 4.99. The molecular weight excluding hydrogens is 102 g/mol. The van der Waals surface area contributed by atoms with Crippen LogP contribution in [0.15, 0.2) is 0 Å². The molecule has 0 aromatic heterocycles. The van der Waals surface area contributed by atoms with Crippen molar-refractivity contribution >= 4 is 5.96 Å². The summed E-state index contributed by atoms with van der Waals surface area (Å²) in [7, 11) is 0.